The Kier molecular flexibility index (Phi) is 3.33. The molecule has 1 rings (SSSR count). The first-order chi connectivity index (χ1) is 5.02. The van der Waals surface area contributed by atoms with Crippen molar-refractivity contribution in [1.82, 2.24) is 4.98 Å². The molecule has 0 radical (unpaired) electrons. The molecule has 0 aliphatic rings. The maximum atomic E-state index is 11.9. The molecular formula is C6H6ClF3N2. The van der Waals surface area contributed by atoms with E-state index in [0.29, 0.717) is 6.20 Å². The number of pyridine rings is 1. The first-order valence-corrected chi connectivity index (χ1v) is 2.78. The van der Waals surface area contributed by atoms with Crippen molar-refractivity contribution >= 4 is 18.1 Å². The quantitative estimate of drug-likeness (QED) is 0.694. The van der Waals surface area contributed by atoms with Crippen LogP contribution < -0.4 is 5.73 Å². The number of anilines is 1. The molecule has 0 aliphatic heterocycles. The van der Waals surface area contributed by atoms with Gasteiger partial charge in [-0.25, -0.2) is 0 Å². The van der Waals surface area contributed by atoms with E-state index in [1.165, 1.54) is 6.20 Å². The maximum absolute atomic E-state index is 11.9. The summed E-state index contributed by atoms with van der Waals surface area (Å²) < 4.78 is 35.8. The molecule has 6 heteroatoms. The Morgan fingerprint density at radius 3 is 2.25 bits per heavy atom. The molecule has 2 N–H and O–H groups in total. The highest BCUT2D eigenvalue weighted by molar-refractivity contribution is 5.85. The third-order valence-corrected chi connectivity index (χ3v) is 1.16. The van der Waals surface area contributed by atoms with Gasteiger partial charge in [0, 0.05) is 18.1 Å². The lowest BCUT2D eigenvalue weighted by molar-refractivity contribution is -0.137. The number of hydrogen-bond acceptors (Lipinski definition) is 2. The van der Waals surface area contributed by atoms with Gasteiger partial charge < -0.3 is 5.73 Å². The fourth-order valence-corrected chi connectivity index (χ4v) is 0.642. The minimum Gasteiger partial charge on any atom is -0.398 e. The number of alkyl halides is 3. The van der Waals surface area contributed by atoms with Crippen LogP contribution in [0.15, 0.2) is 18.5 Å². The summed E-state index contributed by atoms with van der Waals surface area (Å²) in [7, 11) is 0. The van der Waals surface area contributed by atoms with Crippen LogP contribution in [-0.2, 0) is 6.18 Å². The van der Waals surface area contributed by atoms with Crippen molar-refractivity contribution in [3.63, 3.8) is 0 Å². The van der Waals surface area contributed by atoms with Gasteiger partial charge >= 0.3 is 6.18 Å². The van der Waals surface area contributed by atoms with Crippen molar-refractivity contribution < 1.29 is 13.2 Å². The molecule has 1 aromatic rings. The number of nitrogens with zero attached hydrogens (tertiary/aromatic N) is 1. The van der Waals surface area contributed by atoms with Crippen molar-refractivity contribution in [2.24, 2.45) is 0 Å². The summed E-state index contributed by atoms with van der Waals surface area (Å²) in [6.07, 6.45) is -2.49. The predicted molar refractivity (Wildman–Crippen MR) is 40.9 cm³/mol. The van der Waals surface area contributed by atoms with Gasteiger partial charge in [0.15, 0.2) is 0 Å². The fraction of sp³-hybridized carbons (Fsp3) is 0.167. The number of halogens is 4. The molecule has 0 aromatic carbocycles. The van der Waals surface area contributed by atoms with Crippen molar-refractivity contribution in [2.75, 3.05) is 5.73 Å². The summed E-state index contributed by atoms with van der Waals surface area (Å²) in [6.45, 7) is 0. The molecule has 0 atom stereocenters. The summed E-state index contributed by atoms with van der Waals surface area (Å²) in [4.78, 5) is 3.31. The molecule has 0 saturated heterocycles. The molecule has 0 unspecified atom stereocenters. The standard InChI is InChI=1S/C6H5F3N2.ClH/c7-6(8,9)4-3-11-2-1-5(4)10;/h1-3H,(H2,10,11);1H. The molecule has 0 amide bonds. The van der Waals surface area contributed by atoms with Crippen LogP contribution in [0.5, 0.6) is 0 Å². The van der Waals surface area contributed by atoms with Crippen LogP contribution in [0.1, 0.15) is 5.56 Å². The van der Waals surface area contributed by atoms with E-state index in [9.17, 15) is 13.2 Å². The molecule has 68 valence electrons. The predicted octanol–water partition coefficient (Wildman–Crippen LogP) is 2.10. The van der Waals surface area contributed by atoms with Crippen LogP contribution in [-0.4, -0.2) is 4.98 Å². The van der Waals surface area contributed by atoms with Gasteiger partial charge in [0.05, 0.1) is 5.56 Å². The lowest BCUT2D eigenvalue weighted by Gasteiger charge is -2.07. The minimum absolute atomic E-state index is 0. The average molecular weight is 199 g/mol. The monoisotopic (exact) mass is 198 g/mol. The number of rotatable bonds is 0. The molecule has 0 spiro atoms. The maximum Gasteiger partial charge on any atom is 0.419 e. The number of nitrogen functional groups attached to an aromatic ring is 1. The van der Waals surface area contributed by atoms with Crippen LogP contribution in [0.25, 0.3) is 0 Å². The van der Waals surface area contributed by atoms with E-state index in [2.05, 4.69) is 4.98 Å². The molecule has 0 aliphatic carbocycles. The summed E-state index contributed by atoms with van der Waals surface area (Å²) in [5.41, 5.74) is 3.86. The van der Waals surface area contributed by atoms with Gasteiger partial charge in [-0.2, -0.15) is 13.2 Å². The molecular weight excluding hydrogens is 193 g/mol. The molecule has 2 nitrogen and oxygen atoms in total. The number of hydrogen-bond donors (Lipinski definition) is 1. The van der Waals surface area contributed by atoms with Crippen molar-refractivity contribution in [2.45, 2.75) is 6.18 Å². The highest BCUT2D eigenvalue weighted by atomic mass is 35.5. The van der Waals surface area contributed by atoms with Crippen LogP contribution in [0, 0.1) is 0 Å². The van der Waals surface area contributed by atoms with E-state index in [0.717, 1.165) is 6.07 Å². The Balaban J connectivity index is 0.00000121. The van der Waals surface area contributed by atoms with Gasteiger partial charge in [-0.3, -0.25) is 4.98 Å². The molecule has 0 bridgehead atoms. The van der Waals surface area contributed by atoms with Gasteiger partial charge in [0.2, 0.25) is 0 Å². The van der Waals surface area contributed by atoms with Crippen LogP contribution >= 0.6 is 12.4 Å². The van der Waals surface area contributed by atoms with E-state index in [4.69, 9.17) is 5.73 Å². The molecule has 12 heavy (non-hydrogen) atoms. The smallest absolute Gasteiger partial charge is 0.398 e. The fourth-order valence-electron chi connectivity index (χ4n) is 0.642. The first-order valence-electron chi connectivity index (χ1n) is 2.78. The zero-order valence-electron chi connectivity index (χ0n) is 5.80. The SMILES string of the molecule is Cl.Nc1ccncc1C(F)(F)F. The van der Waals surface area contributed by atoms with Gasteiger partial charge in [0.25, 0.3) is 0 Å². The summed E-state index contributed by atoms with van der Waals surface area (Å²) in [6, 6.07) is 1.11. The summed E-state index contributed by atoms with van der Waals surface area (Å²) >= 11 is 0. The van der Waals surface area contributed by atoms with Crippen molar-refractivity contribution in [3.8, 4) is 0 Å². The average Bonchev–Trinajstić information content (AvgIpc) is 1.86. The number of nitrogens with two attached hydrogens (primary N) is 1. The van der Waals surface area contributed by atoms with Crippen LogP contribution in [0.4, 0.5) is 18.9 Å². The second kappa shape index (κ2) is 3.62. The van der Waals surface area contributed by atoms with E-state index >= 15 is 0 Å². The van der Waals surface area contributed by atoms with Crippen molar-refractivity contribution in [3.05, 3.63) is 24.0 Å². The van der Waals surface area contributed by atoms with E-state index in [-0.39, 0.29) is 18.1 Å². The van der Waals surface area contributed by atoms with Crippen LogP contribution in [0.2, 0.25) is 0 Å². The Labute approximate surface area is 73.0 Å². The van der Waals surface area contributed by atoms with Crippen molar-refractivity contribution in [1.29, 1.82) is 0 Å². The largest absolute Gasteiger partial charge is 0.419 e. The lowest BCUT2D eigenvalue weighted by Crippen LogP contribution is -2.08. The topological polar surface area (TPSA) is 38.9 Å². The normalized spacial score (nSPS) is 10.6. The van der Waals surface area contributed by atoms with E-state index in [1.807, 2.05) is 0 Å². The summed E-state index contributed by atoms with van der Waals surface area (Å²) in [5, 5.41) is 0. The Bertz CT molecular complexity index is 261. The molecule has 1 aromatic heterocycles. The Morgan fingerprint density at radius 2 is 1.92 bits per heavy atom. The zero-order valence-corrected chi connectivity index (χ0v) is 6.62. The zero-order chi connectivity index (χ0) is 8.48. The minimum atomic E-state index is -4.40. The lowest BCUT2D eigenvalue weighted by atomic mass is 10.2. The van der Waals surface area contributed by atoms with E-state index in [1.54, 1.807) is 0 Å². The van der Waals surface area contributed by atoms with Gasteiger partial charge in [-0.05, 0) is 6.07 Å². The molecule has 0 fully saturated rings. The third-order valence-electron chi connectivity index (χ3n) is 1.16. The van der Waals surface area contributed by atoms with Crippen LogP contribution in [0.3, 0.4) is 0 Å². The highest BCUT2D eigenvalue weighted by Crippen LogP contribution is 2.32. The first kappa shape index (κ1) is 11.0. The number of aromatic nitrogens is 1. The van der Waals surface area contributed by atoms with Gasteiger partial charge in [-0.1, -0.05) is 0 Å². The van der Waals surface area contributed by atoms with Gasteiger partial charge in [-0.15, -0.1) is 12.4 Å². The molecule has 1 heterocycles. The van der Waals surface area contributed by atoms with E-state index < -0.39 is 11.7 Å². The molecule has 0 saturated carbocycles. The second-order valence-corrected chi connectivity index (χ2v) is 1.96. The Morgan fingerprint density at radius 1 is 1.33 bits per heavy atom. The highest BCUT2D eigenvalue weighted by Gasteiger charge is 2.32. The summed E-state index contributed by atoms with van der Waals surface area (Å²) in [5.74, 6) is 0. The van der Waals surface area contributed by atoms with Gasteiger partial charge in [0.1, 0.15) is 0 Å². The Hall–Kier alpha value is -0.970. The third kappa shape index (κ3) is 2.27. The second-order valence-electron chi connectivity index (χ2n) is 1.96.